The van der Waals surface area contributed by atoms with Crippen molar-refractivity contribution in [1.82, 2.24) is 29.4 Å². The molecule has 1 aliphatic heterocycles. The van der Waals surface area contributed by atoms with Crippen LogP contribution < -0.4 is 11.1 Å². The van der Waals surface area contributed by atoms with Crippen LogP contribution in [0.5, 0.6) is 0 Å². The second-order valence-electron chi connectivity index (χ2n) is 10.3. The third-order valence-corrected chi connectivity index (χ3v) is 8.57. The lowest BCUT2D eigenvalue weighted by atomic mass is 9.80. The monoisotopic (exact) mass is 596 g/mol. The number of nitrogens with zero attached hydrogens (tertiary/aromatic N) is 6. The smallest absolute Gasteiger partial charge is 0.248 e. The number of anilines is 2. The Morgan fingerprint density at radius 1 is 1.05 bits per heavy atom. The topological polar surface area (TPSA) is 132 Å². The van der Waals surface area contributed by atoms with E-state index in [1.165, 1.54) is 6.33 Å². The number of fused-ring (bicyclic) bond motifs is 4. The van der Waals surface area contributed by atoms with Crippen molar-refractivity contribution in [1.29, 1.82) is 0 Å². The lowest BCUT2D eigenvalue weighted by molar-refractivity contribution is -0.140. The normalized spacial score (nSPS) is 19.9. The number of likely N-dealkylation sites (tertiary alicyclic amines) is 1. The Morgan fingerprint density at radius 2 is 1.90 bits per heavy atom. The summed E-state index contributed by atoms with van der Waals surface area (Å²) in [5.41, 5.74) is 9.78. The van der Waals surface area contributed by atoms with Crippen molar-refractivity contribution in [3.63, 3.8) is 0 Å². The van der Waals surface area contributed by atoms with Crippen LogP contribution in [-0.4, -0.2) is 53.3 Å². The molecule has 200 valence electrons. The number of pyridine rings is 2. The van der Waals surface area contributed by atoms with Crippen LogP contribution in [0.3, 0.4) is 0 Å². The predicted molar refractivity (Wildman–Crippen MR) is 155 cm³/mol. The first-order chi connectivity index (χ1) is 19.5. The summed E-state index contributed by atoms with van der Waals surface area (Å²) in [7, 11) is 0. The Hall–Kier alpha value is -4.38. The molecular formula is C29H25BrN8O2. The van der Waals surface area contributed by atoms with Crippen molar-refractivity contribution in [3.8, 4) is 11.1 Å². The number of carbonyl (C=O) groups excluding carboxylic acids is 2. The third kappa shape index (κ3) is 4.08. The van der Waals surface area contributed by atoms with Crippen LogP contribution in [0.15, 0.2) is 71.9 Å². The van der Waals surface area contributed by atoms with Gasteiger partial charge in [0.2, 0.25) is 11.8 Å². The van der Waals surface area contributed by atoms with Crippen LogP contribution in [0, 0.1) is 5.92 Å². The minimum absolute atomic E-state index is 0.0349. The van der Waals surface area contributed by atoms with Gasteiger partial charge in [-0.2, -0.15) is 0 Å². The molecule has 1 aromatic carbocycles. The van der Waals surface area contributed by atoms with E-state index in [9.17, 15) is 9.59 Å². The highest BCUT2D eigenvalue weighted by Crippen LogP contribution is 2.44. The number of rotatable bonds is 5. The number of nitrogens with two attached hydrogens (primary N) is 1. The van der Waals surface area contributed by atoms with E-state index in [4.69, 9.17) is 5.73 Å². The van der Waals surface area contributed by atoms with Gasteiger partial charge in [-0.25, -0.2) is 15.0 Å². The molecule has 0 radical (unpaired) electrons. The van der Waals surface area contributed by atoms with Crippen LogP contribution in [-0.2, 0) is 16.1 Å². The molecule has 5 heterocycles. The standard InChI is InChI=1S/C29H25BrN8O2/c30-23-2-1-3-24(35-23)36-29(40)22-13-18-5-6-20(18)38(22)25(39)14-37-21-7-4-17(16-8-10-32-11-9-16)12-19(21)26-27(31)33-15-34-28(26)37/h1-4,7-12,15,18,20,22H,5-6,13-14H2,(H2,31,33,34)(H,35,36,40)/t18-,20-,22+/m1/s1. The molecular weight excluding hydrogens is 572 g/mol. The molecule has 3 N–H and O–H groups in total. The quantitative estimate of drug-likeness (QED) is 0.287. The second kappa shape index (κ2) is 9.67. The number of carbonyl (C=O) groups is 2. The zero-order chi connectivity index (χ0) is 27.4. The average molecular weight is 597 g/mol. The van der Waals surface area contributed by atoms with Crippen molar-refractivity contribution >= 4 is 61.3 Å². The fourth-order valence-corrected chi connectivity index (χ4v) is 6.49. The van der Waals surface area contributed by atoms with E-state index in [2.05, 4.69) is 41.2 Å². The van der Waals surface area contributed by atoms with Gasteiger partial charge >= 0.3 is 0 Å². The number of aromatic nitrogens is 5. The molecule has 1 saturated carbocycles. The van der Waals surface area contributed by atoms with Crippen molar-refractivity contribution < 1.29 is 9.59 Å². The maximum absolute atomic E-state index is 14.0. The minimum atomic E-state index is -0.558. The molecule has 0 spiro atoms. The van der Waals surface area contributed by atoms with E-state index >= 15 is 0 Å². The second-order valence-corrected chi connectivity index (χ2v) is 11.1. The first-order valence-corrected chi connectivity index (χ1v) is 13.9. The van der Waals surface area contributed by atoms with Gasteiger partial charge in [0.05, 0.1) is 10.9 Å². The van der Waals surface area contributed by atoms with Crippen molar-refractivity contribution in [2.24, 2.45) is 5.92 Å². The first-order valence-electron chi connectivity index (χ1n) is 13.2. The number of nitrogens with one attached hydrogen (secondary N) is 1. The Kier molecular flexibility index (Phi) is 5.96. The summed E-state index contributed by atoms with van der Waals surface area (Å²) in [4.78, 5) is 46.4. The number of hydrogen-bond acceptors (Lipinski definition) is 7. The van der Waals surface area contributed by atoms with E-state index < -0.39 is 6.04 Å². The molecule has 5 aromatic rings. The summed E-state index contributed by atoms with van der Waals surface area (Å²) in [5.74, 6) is 0.791. The van der Waals surface area contributed by atoms with Gasteiger partial charge in [-0.15, -0.1) is 0 Å². The van der Waals surface area contributed by atoms with E-state index in [1.807, 2.05) is 41.0 Å². The highest BCUT2D eigenvalue weighted by atomic mass is 79.9. The maximum Gasteiger partial charge on any atom is 0.248 e. The van der Waals surface area contributed by atoms with Gasteiger partial charge in [0.15, 0.2) is 0 Å². The molecule has 3 atom stereocenters. The molecule has 0 bridgehead atoms. The first kappa shape index (κ1) is 24.6. The third-order valence-electron chi connectivity index (χ3n) is 8.13. The Balaban J connectivity index is 1.24. The molecule has 2 aliphatic rings. The largest absolute Gasteiger partial charge is 0.383 e. The van der Waals surface area contributed by atoms with Gasteiger partial charge in [0.25, 0.3) is 0 Å². The molecule has 1 aliphatic carbocycles. The minimum Gasteiger partial charge on any atom is -0.383 e. The lowest BCUT2D eigenvalue weighted by Crippen LogP contribution is -2.50. The zero-order valence-electron chi connectivity index (χ0n) is 21.4. The Bertz CT molecular complexity index is 1790. The predicted octanol–water partition coefficient (Wildman–Crippen LogP) is 4.40. The Labute approximate surface area is 237 Å². The van der Waals surface area contributed by atoms with Gasteiger partial charge in [0, 0.05) is 23.8 Å². The fraction of sp³-hybridized carbons (Fsp3) is 0.241. The van der Waals surface area contributed by atoms with E-state index in [1.54, 1.807) is 29.4 Å². The van der Waals surface area contributed by atoms with Crippen molar-refractivity contribution in [3.05, 3.63) is 71.9 Å². The molecule has 1 saturated heterocycles. The van der Waals surface area contributed by atoms with Crippen LogP contribution in [0.25, 0.3) is 33.1 Å². The van der Waals surface area contributed by atoms with Crippen LogP contribution in [0.2, 0.25) is 0 Å². The van der Waals surface area contributed by atoms with Gasteiger partial charge in [0.1, 0.15) is 40.8 Å². The van der Waals surface area contributed by atoms with Crippen molar-refractivity contribution in [2.75, 3.05) is 11.1 Å². The van der Waals surface area contributed by atoms with Crippen LogP contribution in [0.4, 0.5) is 11.6 Å². The number of halogens is 1. The summed E-state index contributed by atoms with van der Waals surface area (Å²) in [6.07, 6.45) is 7.48. The Morgan fingerprint density at radius 3 is 2.67 bits per heavy atom. The molecule has 2 fully saturated rings. The molecule has 2 amide bonds. The number of nitrogen functional groups attached to an aromatic ring is 1. The zero-order valence-corrected chi connectivity index (χ0v) is 23.0. The summed E-state index contributed by atoms with van der Waals surface area (Å²) < 4.78 is 2.52. The van der Waals surface area contributed by atoms with Crippen molar-refractivity contribution in [2.45, 2.75) is 37.9 Å². The van der Waals surface area contributed by atoms with E-state index in [0.29, 0.717) is 39.6 Å². The highest BCUT2D eigenvalue weighted by molar-refractivity contribution is 9.10. The van der Waals surface area contributed by atoms with Gasteiger partial charge < -0.3 is 20.5 Å². The fourth-order valence-electron chi connectivity index (χ4n) is 6.14. The van der Waals surface area contributed by atoms with Crippen LogP contribution >= 0.6 is 15.9 Å². The van der Waals surface area contributed by atoms with Gasteiger partial charge in [-0.1, -0.05) is 12.1 Å². The summed E-state index contributed by atoms with van der Waals surface area (Å²) in [6, 6.07) is 14.8. The van der Waals surface area contributed by atoms with Gasteiger partial charge in [-0.3, -0.25) is 14.6 Å². The number of amides is 2. The van der Waals surface area contributed by atoms with E-state index in [0.717, 1.165) is 34.9 Å². The summed E-state index contributed by atoms with van der Waals surface area (Å²) in [5, 5.41) is 4.48. The number of hydrogen-bond donors (Lipinski definition) is 2. The van der Waals surface area contributed by atoms with Crippen LogP contribution in [0.1, 0.15) is 19.3 Å². The highest BCUT2D eigenvalue weighted by Gasteiger charge is 2.51. The SMILES string of the molecule is Nc1ncnc2c1c1cc(-c3ccncc3)ccc1n2CC(=O)N1[C@@H]2CC[C@@H]2C[C@H]1C(=O)Nc1cccc(Br)n1. The molecule has 0 unspecified atom stereocenters. The molecule has 40 heavy (non-hydrogen) atoms. The van der Waals surface area contributed by atoms with E-state index in [-0.39, 0.29) is 24.4 Å². The molecule has 7 rings (SSSR count). The average Bonchev–Trinajstić information content (AvgIpc) is 3.40. The summed E-state index contributed by atoms with van der Waals surface area (Å²) in [6.45, 7) is 0.0349. The maximum atomic E-state index is 14.0. The molecule has 4 aromatic heterocycles. The number of benzene rings is 1. The van der Waals surface area contributed by atoms with Gasteiger partial charge in [-0.05, 0) is 88.6 Å². The molecule has 11 heteroatoms. The summed E-state index contributed by atoms with van der Waals surface area (Å²) >= 11 is 3.34. The molecule has 10 nitrogen and oxygen atoms in total. The lowest BCUT2D eigenvalue weighted by Gasteiger charge is -2.37.